The van der Waals surface area contributed by atoms with Crippen molar-refractivity contribution in [1.29, 1.82) is 0 Å². The first kappa shape index (κ1) is 46.3. The summed E-state index contributed by atoms with van der Waals surface area (Å²) in [5.41, 5.74) is 14.0. The third-order valence-electron chi connectivity index (χ3n) is 15.6. The summed E-state index contributed by atoms with van der Waals surface area (Å²) in [4.78, 5) is 5.03. The predicted octanol–water partition coefficient (Wildman–Crippen LogP) is 22.2. The van der Waals surface area contributed by atoms with Gasteiger partial charge in [-0.3, -0.25) is 0 Å². The van der Waals surface area contributed by atoms with Crippen molar-refractivity contribution >= 4 is 129 Å². The van der Waals surface area contributed by atoms with E-state index in [1.54, 1.807) is 0 Å². The predicted molar refractivity (Wildman–Crippen MR) is 334 cm³/mol. The molecular weight excluding hydrogens is 957 g/mol. The highest BCUT2D eigenvalue weighted by molar-refractivity contribution is 7.26. The van der Waals surface area contributed by atoms with Crippen molar-refractivity contribution in [3.05, 3.63) is 242 Å². The van der Waals surface area contributed by atoms with E-state index >= 15 is 0 Å². The fourth-order valence-electron chi connectivity index (χ4n) is 12.1. The lowest BCUT2D eigenvalue weighted by atomic mass is 9.77. The first-order valence-corrected chi connectivity index (χ1v) is 28.1. The molecular formula is C72H56N2S2. The third kappa shape index (κ3) is 7.49. The van der Waals surface area contributed by atoms with E-state index < -0.39 is 0 Å². The van der Waals surface area contributed by atoms with Gasteiger partial charge in [0, 0.05) is 73.9 Å². The summed E-state index contributed by atoms with van der Waals surface area (Å²) in [7, 11) is 0. The van der Waals surface area contributed by atoms with Gasteiger partial charge in [0.25, 0.3) is 0 Å². The number of hydrogen-bond donors (Lipinski definition) is 0. The van der Waals surface area contributed by atoms with E-state index in [1.807, 2.05) is 22.7 Å². The first-order chi connectivity index (χ1) is 37.0. The largest absolute Gasteiger partial charge is 0.310 e. The van der Waals surface area contributed by atoms with Crippen molar-refractivity contribution in [3.8, 4) is 22.3 Å². The molecule has 0 saturated carbocycles. The van der Waals surface area contributed by atoms with Gasteiger partial charge in [0.15, 0.2) is 0 Å². The quantitative estimate of drug-likeness (QED) is 0.140. The smallest absolute Gasteiger partial charge is 0.0543 e. The van der Waals surface area contributed by atoms with Crippen LogP contribution in [0.5, 0.6) is 0 Å². The van der Waals surface area contributed by atoms with Gasteiger partial charge in [-0.15, -0.1) is 22.7 Å². The van der Waals surface area contributed by atoms with E-state index in [1.165, 1.54) is 117 Å². The Bertz CT molecular complexity index is 4260. The lowest BCUT2D eigenvalue weighted by Gasteiger charge is -2.34. The molecule has 14 aromatic rings. The molecule has 0 bridgehead atoms. The number of fused-ring (bicyclic) bond motifs is 6. The van der Waals surface area contributed by atoms with Gasteiger partial charge in [-0.25, -0.2) is 0 Å². The minimum atomic E-state index is -0.179. The second kappa shape index (κ2) is 17.7. The van der Waals surface area contributed by atoms with Crippen LogP contribution in [0.3, 0.4) is 0 Å². The number of thiophene rings is 2. The van der Waals surface area contributed by atoms with Crippen molar-refractivity contribution in [1.82, 2.24) is 0 Å². The molecule has 2 heterocycles. The first-order valence-electron chi connectivity index (χ1n) is 26.5. The molecule has 0 N–H and O–H groups in total. The summed E-state index contributed by atoms with van der Waals surface area (Å²) in [5, 5.41) is 12.9. The molecule has 366 valence electrons. The Balaban J connectivity index is 1.03. The van der Waals surface area contributed by atoms with Gasteiger partial charge in [0.05, 0.1) is 11.4 Å². The van der Waals surface area contributed by atoms with Gasteiger partial charge in [0.2, 0.25) is 0 Å². The summed E-state index contributed by atoms with van der Waals surface area (Å²) in [6.07, 6.45) is 0. The highest BCUT2D eigenvalue weighted by atomic mass is 32.1. The molecule has 2 nitrogen and oxygen atoms in total. The number of benzene rings is 12. The zero-order chi connectivity index (χ0) is 51.5. The molecule has 14 rings (SSSR count). The highest BCUT2D eigenvalue weighted by Crippen LogP contribution is 2.53. The zero-order valence-electron chi connectivity index (χ0n) is 43.7. The van der Waals surface area contributed by atoms with E-state index in [2.05, 4.69) is 282 Å². The number of nitrogens with zero attached hydrogens (tertiary/aromatic N) is 2. The number of anilines is 6. The van der Waals surface area contributed by atoms with Crippen LogP contribution in [0.25, 0.3) is 94.9 Å². The molecule has 0 spiro atoms. The fraction of sp³-hybridized carbons (Fsp3) is 0.111. The molecule has 0 fully saturated rings. The van der Waals surface area contributed by atoms with E-state index in [9.17, 15) is 0 Å². The summed E-state index contributed by atoms with van der Waals surface area (Å²) >= 11 is 3.77. The molecule has 0 radical (unpaired) electrons. The Labute approximate surface area is 452 Å². The molecule has 12 aromatic carbocycles. The molecule has 76 heavy (non-hydrogen) atoms. The standard InChI is InChI=1S/C72H56N2S2/c1-71(2,3)61-43-63(73(47-23-9-7-10-24-47)49-27-17-21-45(41-49)51-31-19-33-55-53-29-13-15-35-65(53)75-69(51)55)59-40-38-58-62(72(4,5)6)44-64(60-39-37-57(61)67(59)68(58)60)74(48-25-11-8-12-26-48)50-28-18-22-46(42-50)52-32-20-34-56-54-30-14-16-36-66(54)76-70(52)56/h7-44H,1-6H3. The van der Waals surface area contributed by atoms with Crippen LogP contribution in [0, 0.1) is 0 Å². The Kier molecular flexibility index (Phi) is 10.8. The van der Waals surface area contributed by atoms with Crippen LogP contribution in [0.15, 0.2) is 231 Å². The number of hydrogen-bond acceptors (Lipinski definition) is 4. The molecule has 0 amide bonds. The van der Waals surface area contributed by atoms with Crippen LogP contribution < -0.4 is 9.80 Å². The fourth-order valence-corrected chi connectivity index (χ4v) is 14.6. The van der Waals surface area contributed by atoms with Crippen LogP contribution in [0.1, 0.15) is 52.7 Å². The molecule has 0 saturated heterocycles. The normalized spacial score (nSPS) is 12.3. The molecule has 0 aliphatic carbocycles. The summed E-state index contributed by atoms with van der Waals surface area (Å²) < 4.78 is 5.27. The minimum Gasteiger partial charge on any atom is -0.310 e. The number of para-hydroxylation sites is 2. The van der Waals surface area contributed by atoms with E-state index in [4.69, 9.17) is 0 Å². The van der Waals surface area contributed by atoms with E-state index in [0.717, 1.165) is 22.7 Å². The minimum absolute atomic E-state index is 0.179. The number of rotatable bonds is 8. The van der Waals surface area contributed by atoms with Gasteiger partial charge in [-0.05, 0) is 139 Å². The van der Waals surface area contributed by atoms with Gasteiger partial charge in [-0.1, -0.05) is 199 Å². The average Bonchev–Trinajstić information content (AvgIpc) is 4.10. The highest BCUT2D eigenvalue weighted by Gasteiger charge is 2.30. The van der Waals surface area contributed by atoms with Gasteiger partial charge in [0.1, 0.15) is 0 Å². The van der Waals surface area contributed by atoms with Crippen molar-refractivity contribution in [2.24, 2.45) is 0 Å². The van der Waals surface area contributed by atoms with Crippen molar-refractivity contribution in [2.75, 3.05) is 9.80 Å². The van der Waals surface area contributed by atoms with Crippen LogP contribution >= 0.6 is 22.7 Å². The molecule has 0 atom stereocenters. The lowest BCUT2D eigenvalue weighted by Crippen LogP contribution is -2.17. The Morgan fingerprint density at radius 2 is 0.645 bits per heavy atom. The van der Waals surface area contributed by atoms with Gasteiger partial charge >= 0.3 is 0 Å². The van der Waals surface area contributed by atoms with Crippen LogP contribution in [0.2, 0.25) is 0 Å². The van der Waals surface area contributed by atoms with Crippen LogP contribution in [0.4, 0.5) is 34.1 Å². The summed E-state index contributed by atoms with van der Waals surface area (Å²) in [5.74, 6) is 0. The molecule has 0 aliphatic rings. The molecule has 2 aromatic heterocycles. The Hall–Kier alpha value is -8.28. The molecule has 0 unspecified atom stereocenters. The monoisotopic (exact) mass is 1010 g/mol. The van der Waals surface area contributed by atoms with Gasteiger partial charge < -0.3 is 9.80 Å². The zero-order valence-corrected chi connectivity index (χ0v) is 45.3. The maximum atomic E-state index is 2.51. The van der Waals surface area contributed by atoms with Crippen LogP contribution in [-0.2, 0) is 10.8 Å². The van der Waals surface area contributed by atoms with Crippen molar-refractivity contribution < 1.29 is 0 Å². The van der Waals surface area contributed by atoms with Gasteiger partial charge in [-0.2, -0.15) is 0 Å². The molecule has 4 heteroatoms. The van der Waals surface area contributed by atoms with E-state index in [0.29, 0.717) is 0 Å². The second-order valence-corrected chi connectivity index (χ2v) is 24.6. The lowest BCUT2D eigenvalue weighted by molar-refractivity contribution is 0.595. The van der Waals surface area contributed by atoms with E-state index in [-0.39, 0.29) is 10.8 Å². The summed E-state index contributed by atoms with van der Waals surface area (Å²) in [6.45, 7) is 14.2. The maximum absolute atomic E-state index is 2.51. The Morgan fingerprint density at radius 1 is 0.289 bits per heavy atom. The topological polar surface area (TPSA) is 6.48 Å². The summed E-state index contributed by atoms with van der Waals surface area (Å²) in [6, 6.07) is 86.3. The van der Waals surface area contributed by atoms with Crippen LogP contribution in [-0.4, -0.2) is 0 Å². The molecule has 0 aliphatic heterocycles. The average molecular weight is 1010 g/mol. The second-order valence-electron chi connectivity index (χ2n) is 22.5. The van der Waals surface area contributed by atoms with Crippen molar-refractivity contribution in [2.45, 2.75) is 52.4 Å². The SMILES string of the molecule is CC(C)(C)c1cc(N(c2ccccc2)c2cccc(-c3cccc4c3sc3ccccc34)c2)c2ccc3c(C(C)(C)C)cc(N(c4ccccc4)c4cccc(-c5cccc6c5sc5ccccc56)c4)c4ccc1c2c43. The maximum Gasteiger partial charge on any atom is 0.0543 e. The Morgan fingerprint density at radius 3 is 1.07 bits per heavy atom. The van der Waals surface area contributed by atoms with Crippen molar-refractivity contribution in [3.63, 3.8) is 0 Å². The third-order valence-corrected chi connectivity index (χ3v) is 18.1.